The molecule has 0 aliphatic carbocycles. The van der Waals surface area contributed by atoms with Crippen molar-refractivity contribution in [3.05, 3.63) is 48.1 Å². The topological polar surface area (TPSA) is 67.6 Å². The average Bonchev–Trinajstić information content (AvgIpc) is 3.16. The van der Waals surface area contributed by atoms with Gasteiger partial charge in [-0.05, 0) is 18.6 Å². The molecule has 0 radical (unpaired) electrons. The Morgan fingerprint density at radius 1 is 1.19 bits per heavy atom. The van der Waals surface area contributed by atoms with Gasteiger partial charge in [-0.3, -0.25) is 5.10 Å². The first kappa shape index (κ1) is 13.9. The minimum atomic E-state index is 0.646. The molecule has 5 nitrogen and oxygen atoms in total. The van der Waals surface area contributed by atoms with Gasteiger partial charge in [-0.25, -0.2) is 9.97 Å². The molecule has 1 aromatic carbocycles. The molecule has 1 N–H and O–H groups in total. The second-order valence-electron chi connectivity index (χ2n) is 4.61. The molecule has 0 saturated carbocycles. The van der Waals surface area contributed by atoms with Crippen LogP contribution in [0.15, 0.2) is 46.2 Å². The van der Waals surface area contributed by atoms with Gasteiger partial charge in [0.2, 0.25) is 11.0 Å². The molecule has 108 valence electrons. The monoisotopic (exact) mass is 300 g/mol. The lowest BCUT2D eigenvalue weighted by Crippen LogP contribution is -1.85. The summed E-state index contributed by atoms with van der Waals surface area (Å²) in [6, 6.07) is 9.87. The van der Waals surface area contributed by atoms with Crippen LogP contribution >= 0.6 is 11.8 Å². The van der Waals surface area contributed by atoms with Crippen molar-refractivity contribution < 1.29 is 4.42 Å². The number of aryl methyl sites for hydroxylation is 1. The van der Waals surface area contributed by atoms with E-state index in [1.807, 2.05) is 30.3 Å². The molecule has 21 heavy (non-hydrogen) atoms. The van der Waals surface area contributed by atoms with Crippen molar-refractivity contribution in [3.63, 3.8) is 0 Å². The van der Waals surface area contributed by atoms with Gasteiger partial charge in [0.15, 0.2) is 0 Å². The van der Waals surface area contributed by atoms with Crippen LogP contribution in [0.1, 0.15) is 24.9 Å². The minimum absolute atomic E-state index is 0.646. The third-order valence-corrected chi connectivity index (χ3v) is 3.80. The third kappa shape index (κ3) is 3.52. The van der Waals surface area contributed by atoms with Crippen LogP contribution in [-0.4, -0.2) is 20.2 Å². The standard InChI is InChI=1S/C15H16N4OS/c1-2-6-13-17-15(19-18-13)21-10-12-9-20-14(16-12)11-7-4-3-5-8-11/h3-5,7-9H,2,6,10H2,1H3,(H,17,18,19). The first-order valence-corrected chi connectivity index (χ1v) is 7.87. The summed E-state index contributed by atoms with van der Waals surface area (Å²) in [5, 5.41) is 7.88. The van der Waals surface area contributed by atoms with Crippen LogP contribution < -0.4 is 0 Å². The zero-order valence-electron chi connectivity index (χ0n) is 11.7. The molecule has 0 spiro atoms. The van der Waals surface area contributed by atoms with Crippen LogP contribution in [0.4, 0.5) is 0 Å². The summed E-state index contributed by atoms with van der Waals surface area (Å²) >= 11 is 1.55. The number of nitrogens with zero attached hydrogens (tertiary/aromatic N) is 3. The Morgan fingerprint density at radius 3 is 2.86 bits per heavy atom. The predicted octanol–water partition coefficient (Wildman–Crippen LogP) is 3.70. The van der Waals surface area contributed by atoms with Crippen molar-refractivity contribution in [1.29, 1.82) is 0 Å². The Hall–Kier alpha value is -2.08. The smallest absolute Gasteiger partial charge is 0.226 e. The van der Waals surface area contributed by atoms with Gasteiger partial charge in [0.1, 0.15) is 12.1 Å². The maximum atomic E-state index is 5.51. The Labute approximate surface area is 127 Å². The van der Waals surface area contributed by atoms with Gasteiger partial charge < -0.3 is 4.42 Å². The van der Waals surface area contributed by atoms with Crippen molar-refractivity contribution in [1.82, 2.24) is 20.2 Å². The second kappa shape index (κ2) is 6.58. The Bertz CT molecular complexity index is 693. The molecule has 0 fully saturated rings. The molecule has 0 unspecified atom stereocenters. The fourth-order valence-corrected chi connectivity index (χ4v) is 2.61. The predicted molar refractivity (Wildman–Crippen MR) is 81.9 cm³/mol. The number of oxazole rings is 1. The van der Waals surface area contributed by atoms with Crippen LogP contribution in [0.5, 0.6) is 0 Å². The number of aromatic nitrogens is 4. The summed E-state index contributed by atoms with van der Waals surface area (Å²) in [5.41, 5.74) is 1.87. The number of nitrogens with one attached hydrogen (secondary N) is 1. The SMILES string of the molecule is CCCc1nc(SCc2coc(-c3ccccc3)n2)n[nH]1. The molecule has 3 rings (SSSR count). The molecule has 0 aliphatic heterocycles. The summed E-state index contributed by atoms with van der Waals surface area (Å²) in [6.07, 6.45) is 3.67. The fourth-order valence-electron chi connectivity index (χ4n) is 1.92. The summed E-state index contributed by atoms with van der Waals surface area (Å²) in [6.45, 7) is 2.12. The van der Waals surface area contributed by atoms with Crippen molar-refractivity contribution >= 4 is 11.8 Å². The van der Waals surface area contributed by atoms with E-state index >= 15 is 0 Å². The van der Waals surface area contributed by atoms with Crippen molar-refractivity contribution in [2.75, 3.05) is 0 Å². The van der Waals surface area contributed by atoms with Crippen LogP contribution in [0.2, 0.25) is 0 Å². The highest BCUT2D eigenvalue weighted by atomic mass is 32.2. The van der Waals surface area contributed by atoms with E-state index in [2.05, 4.69) is 27.1 Å². The lowest BCUT2D eigenvalue weighted by atomic mass is 10.2. The molecule has 0 bridgehead atoms. The van der Waals surface area contributed by atoms with E-state index in [1.54, 1.807) is 18.0 Å². The highest BCUT2D eigenvalue weighted by molar-refractivity contribution is 7.98. The zero-order chi connectivity index (χ0) is 14.5. The van der Waals surface area contributed by atoms with Gasteiger partial charge in [0.25, 0.3) is 0 Å². The Morgan fingerprint density at radius 2 is 2.05 bits per heavy atom. The minimum Gasteiger partial charge on any atom is -0.444 e. The number of benzene rings is 1. The highest BCUT2D eigenvalue weighted by Gasteiger charge is 2.08. The second-order valence-corrected chi connectivity index (χ2v) is 5.56. The van der Waals surface area contributed by atoms with Gasteiger partial charge in [-0.2, -0.15) is 0 Å². The van der Waals surface area contributed by atoms with Gasteiger partial charge in [-0.1, -0.05) is 36.9 Å². The van der Waals surface area contributed by atoms with Crippen molar-refractivity contribution in [2.24, 2.45) is 0 Å². The number of thioether (sulfide) groups is 1. The highest BCUT2D eigenvalue weighted by Crippen LogP contribution is 2.22. The number of rotatable bonds is 6. The fraction of sp³-hybridized carbons (Fsp3) is 0.267. The maximum Gasteiger partial charge on any atom is 0.226 e. The van der Waals surface area contributed by atoms with E-state index in [9.17, 15) is 0 Å². The molecular weight excluding hydrogens is 284 g/mol. The number of hydrogen-bond acceptors (Lipinski definition) is 5. The Kier molecular flexibility index (Phi) is 4.35. The van der Waals surface area contributed by atoms with E-state index in [1.165, 1.54) is 0 Å². The molecular formula is C15H16N4OS. The molecule has 0 saturated heterocycles. The lowest BCUT2D eigenvalue weighted by Gasteiger charge is -1.93. The number of aromatic amines is 1. The van der Waals surface area contributed by atoms with E-state index in [0.717, 1.165) is 35.1 Å². The lowest BCUT2D eigenvalue weighted by molar-refractivity contribution is 0.573. The summed E-state index contributed by atoms with van der Waals surface area (Å²) in [4.78, 5) is 8.90. The van der Waals surface area contributed by atoms with Gasteiger partial charge in [0.05, 0.1) is 5.69 Å². The normalized spacial score (nSPS) is 10.9. The van der Waals surface area contributed by atoms with E-state index in [-0.39, 0.29) is 0 Å². The molecule has 2 heterocycles. The molecule has 2 aromatic heterocycles. The average molecular weight is 300 g/mol. The largest absolute Gasteiger partial charge is 0.444 e. The van der Waals surface area contributed by atoms with Gasteiger partial charge >= 0.3 is 0 Å². The van der Waals surface area contributed by atoms with Crippen LogP contribution in [-0.2, 0) is 12.2 Å². The summed E-state index contributed by atoms with van der Waals surface area (Å²) < 4.78 is 5.51. The zero-order valence-corrected chi connectivity index (χ0v) is 12.6. The van der Waals surface area contributed by atoms with Gasteiger partial charge in [-0.15, -0.1) is 5.10 Å². The van der Waals surface area contributed by atoms with E-state index in [4.69, 9.17) is 4.42 Å². The molecule has 3 aromatic rings. The molecule has 0 aliphatic rings. The summed E-state index contributed by atoms with van der Waals surface area (Å²) in [7, 11) is 0. The van der Waals surface area contributed by atoms with Crippen LogP contribution in [0, 0.1) is 0 Å². The maximum absolute atomic E-state index is 5.51. The van der Waals surface area contributed by atoms with Crippen LogP contribution in [0.25, 0.3) is 11.5 Å². The van der Waals surface area contributed by atoms with Crippen molar-refractivity contribution in [3.8, 4) is 11.5 Å². The summed E-state index contributed by atoms with van der Waals surface area (Å²) in [5.74, 6) is 2.28. The number of H-pyrrole nitrogens is 1. The Balaban J connectivity index is 1.62. The van der Waals surface area contributed by atoms with E-state index < -0.39 is 0 Å². The van der Waals surface area contributed by atoms with Crippen molar-refractivity contribution in [2.45, 2.75) is 30.7 Å². The quantitative estimate of drug-likeness (QED) is 0.703. The molecule has 0 amide bonds. The third-order valence-electron chi connectivity index (χ3n) is 2.92. The first-order valence-electron chi connectivity index (χ1n) is 6.89. The van der Waals surface area contributed by atoms with E-state index in [0.29, 0.717) is 11.6 Å². The number of hydrogen-bond donors (Lipinski definition) is 1. The van der Waals surface area contributed by atoms with Gasteiger partial charge in [0, 0.05) is 17.7 Å². The first-order chi connectivity index (χ1) is 10.3. The molecule has 0 atom stereocenters. The molecule has 6 heteroatoms. The van der Waals surface area contributed by atoms with Crippen LogP contribution in [0.3, 0.4) is 0 Å².